The quantitative estimate of drug-likeness (QED) is 0.339. The van der Waals surface area contributed by atoms with Gasteiger partial charge in [0.2, 0.25) is 5.76 Å². The van der Waals surface area contributed by atoms with Crippen LogP contribution in [0.15, 0.2) is 45.3 Å². The van der Waals surface area contributed by atoms with Gasteiger partial charge in [0.1, 0.15) is 18.0 Å². The summed E-state index contributed by atoms with van der Waals surface area (Å²) in [6.07, 6.45) is 0.0770. The van der Waals surface area contributed by atoms with E-state index in [1.54, 1.807) is 52.0 Å². The molecule has 1 heterocycles. The van der Waals surface area contributed by atoms with E-state index < -0.39 is 11.6 Å². The Bertz CT molecular complexity index is 1150. The summed E-state index contributed by atoms with van der Waals surface area (Å²) in [7, 11) is 0. The number of furan rings is 1. The zero-order valence-electron chi connectivity index (χ0n) is 18.5. The second kappa shape index (κ2) is 9.65. The maximum Gasteiger partial charge on any atom is 0.375 e. The summed E-state index contributed by atoms with van der Waals surface area (Å²) >= 11 is 3.43. The number of nitrogen functional groups attached to an aromatic ring is 1. The third-order valence-corrected chi connectivity index (χ3v) is 4.91. The number of carbonyl (C=O) groups excluding carboxylic acids is 2. The van der Waals surface area contributed by atoms with Crippen molar-refractivity contribution >= 4 is 44.5 Å². The summed E-state index contributed by atoms with van der Waals surface area (Å²) in [5.41, 5.74) is 7.36. The molecule has 1 aromatic heterocycles. The van der Waals surface area contributed by atoms with Crippen LogP contribution in [0.4, 0.5) is 5.69 Å². The number of hydrogen-bond donors (Lipinski definition) is 1. The van der Waals surface area contributed by atoms with E-state index in [9.17, 15) is 9.59 Å². The number of fused-ring (bicyclic) bond motifs is 1. The van der Waals surface area contributed by atoms with Gasteiger partial charge < -0.3 is 24.4 Å². The fourth-order valence-corrected chi connectivity index (χ4v) is 3.66. The second-order valence-corrected chi connectivity index (χ2v) is 9.08. The van der Waals surface area contributed by atoms with Crippen molar-refractivity contribution in [2.45, 2.75) is 46.3 Å². The highest BCUT2D eigenvalue weighted by Crippen LogP contribution is 2.35. The molecular weight excluding hydrogens is 478 g/mol. The highest BCUT2D eigenvalue weighted by molar-refractivity contribution is 9.10. The average molecular weight is 504 g/mol. The van der Waals surface area contributed by atoms with Crippen LogP contribution in [0.2, 0.25) is 0 Å². The highest BCUT2D eigenvalue weighted by Gasteiger charge is 2.27. The number of nitrogens with two attached hydrogens (primary N) is 1. The van der Waals surface area contributed by atoms with Crippen molar-refractivity contribution in [1.29, 1.82) is 0 Å². The summed E-state index contributed by atoms with van der Waals surface area (Å²) in [6.45, 7) is 7.41. The zero-order valence-corrected chi connectivity index (χ0v) is 20.1. The molecule has 2 aromatic carbocycles. The van der Waals surface area contributed by atoms with Crippen molar-refractivity contribution in [2.75, 3.05) is 12.3 Å². The van der Waals surface area contributed by atoms with E-state index in [1.165, 1.54) is 0 Å². The molecule has 32 heavy (non-hydrogen) atoms. The molecule has 8 heteroatoms. The number of esters is 2. The zero-order chi connectivity index (χ0) is 23.5. The summed E-state index contributed by atoms with van der Waals surface area (Å²) in [5.74, 6) is -0.415. The van der Waals surface area contributed by atoms with Crippen molar-refractivity contribution in [1.82, 2.24) is 0 Å². The van der Waals surface area contributed by atoms with Gasteiger partial charge in [-0.1, -0.05) is 34.1 Å². The Balaban J connectivity index is 1.97. The largest absolute Gasteiger partial charge is 0.488 e. The van der Waals surface area contributed by atoms with Crippen LogP contribution >= 0.6 is 15.9 Å². The first-order chi connectivity index (χ1) is 15.1. The van der Waals surface area contributed by atoms with Crippen LogP contribution in [0.3, 0.4) is 0 Å². The predicted molar refractivity (Wildman–Crippen MR) is 125 cm³/mol. The maximum atomic E-state index is 12.9. The van der Waals surface area contributed by atoms with Gasteiger partial charge in [-0.25, -0.2) is 4.79 Å². The molecule has 2 N–H and O–H groups in total. The summed E-state index contributed by atoms with van der Waals surface area (Å²) in [4.78, 5) is 24.8. The lowest BCUT2D eigenvalue weighted by atomic mass is 10.1. The van der Waals surface area contributed by atoms with E-state index in [4.69, 9.17) is 24.4 Å². The van der Waals surface area contributed by atoms with Gasteiger partial charge in [0.15, 0.2) is 5.58 Å². The van der Waals surface area contributed by atoms with Gasteiger partial charge in [0.25, 0.3) is 0 Å². The van der Waals surface area contributed by atoms with E-state index in [1.807, 2.05) is 12.1 Å². The molecule has 0 amide bonds. The number of anilines is 1. The maximum absolute atomic E-state index is 12.9. The second-order valence-electron chi connectivity index (χ2n) is 8.16. The molecular formula is C24H26BrNO6. The normalized spacial score (nSPS) is 11.4. The molecule has 0 aliphatic heterocycles. The third kappa shape index (κ3) is 5.62. The highest BCUT2D eigenvalue weighted by atomic mass is 79.9. The fourth-order valence-electron chi connectivity index (χ4n) is 3.18. The molecule has 0 aliphatic rings. The van der Waals surface area contributed by atoms with Crippen molar-refractivity contribution in [3.05, 3.63) is 57.8 Å². The van der Waals surface area contributed by atoms with Crippen molar-refractivity contribution in [2.24, 2.45) is 0 Å². The number of halogens is 1. The number of benzene rings is 2. The van der Waals surface area contributed by atoms with Gasteiger partial charge in [0, 0.05) is 15.4 Å². The lowest BCUT2D eigenvalue weighted by molar-refractivity contribution is -0.142. The Morgan fingerprint density at radius 3 is 2.56 bits per heavy atom. The average Bonchev–Trinajstić information content (AvgIpc) is 3.05. The minimum atomic E-state index is -0.702. The van der Waals surface area contributed by atoms with Crippen molar-refractivity contribution in [3.8, 4) is 5.75 Å². The monoisotopic (exact) mass is 503 g/mol. The predicted octanol–water partition coefficient (Wildman–Crippen LogP) is 5.42. The molecule has 0 saturated carbocycles. The Hall–Kier alpha value is -3.00. The lowest BCUT2D eigenvalue weighted by Gasteiger charge is -2.19. The standard InChI is InChI=1S/C24H26BrNO6/c1-5-29-20(27)10-14-8-6-7-9-19(14)30-13-17-16-11-15(25)12-18(26)21(16)31-22(17)23(28)32-24(2,3)4/h6-9,11-12H,5,10,13,26H2,1-4H3. The van der Waals surface area contributed by atoms with Crippen LogP contribution in [0.1, 0.15) is 49.4 Å². The van der Waals surface area contributed by atoms with Crippen LogP contribution in [-0.4, -0.2) is 24.1 Å². The van der Waals surface area contributed by atoms with E-state index in [0.29, 0.717) is 40.1 Å². The molecule has 0 spiro atoms. The van der Waals surface area contributed by atoms with Gasteiger partial charge in [-0.3, -0.25) is 4.79 Å². The minimum Gasteiger partial charge on any atom is -0.488 e. The molecule has 0 aliphatic carbocycles. The first kappa shape index (κ1) is 23.7. The molecule has 0 fully saturated rings. The first-order valence-electron chi connectivity index (χ1n) is 10.2. The Labute approximate surface area is 194 Å². The van der Waals surface area contributed by atoms with Crippen LogP contribution in [0.5, 0.6) is 5.75 Å². The van der Waals surface area contributed by atoms with Gasteiger partial charge in [0.05, 0.1) is 24.3 Å². The molecule has 0 radical (unpaired) electrons. The number of para-hydroxylation sites is 1. The summed E-state index contributed by atoms with van der Waals surface area (Å²) in [6, 6.07) is 10.7. The third-order valence-electron chi connectivity index (χ3n) is 4.45. The Morgan fingerprint density at radius 2 is 1.88 bits per heavy atom. The number of ether oxygens (including phenoxy) is 3. The smallest absolute Gasteiger partial charge is 0.375 e. The molecule has 3 aromatic rings. The van der Waals surface area contributed by atoms with E-state index in [2.05, 4.69) is 15.9 Å². The first-order valence-corrected chi connectivity index (χ1v) is 11.0. The molecule has 0 bridgehead atoms. The van der Waals surface area contributed by atoms with E-state index in [0.717, 1.165) is 4.47 Å². The number of rotatable bonds is 7. The molecule has 3 rings (SSSR count). The van der Waals surface area contributed by atoms with Crippen molar-refractivity contribution in [3.63, 3.8) is 0 Å². The van der Waals surface area contributed by atoms with Crippen LogP contribution in [0, 0.1) is 0 Å². The number of carbonyl (C=O) groups is 2. The van der Waals surface area contributed by atoms with Gasteiger partial charge in [-0.05, 0) is 45.9 Å². The van der Waals surface area contributed by atoms with Gasteiger partial charge >= 0.3 is 11.9 Å². The summed E-state index contributed by atoms with van der Waals surface area (Å²) in [5, 5.41) is 0.639. The summed E-state index contributed by atoms with van der Waals surface area (Å²) < 4.78 is 23.2. The Kier molecular flexibility index (Phi) is 7.13. The number of hydrogen-bond acceptors (Lipinski definition) is 7. The van der Waals surface area contributed by atoms with E-state index >= 15 is 0 Å². The molecule has 7 nitrogen and oxygen atoms in total. The van der Waals surface area contributed by atoms with Crippen LogP contribution in [0.25, 0.3) is 11.0 Å². The van der Waals surface area contributed by atoms with Gasteiger partial charge in [-0.15, -0.1) is 0 Å². The molecule has 0 unspecified atom stereocenters. The van der Waals surface area contributed by atoms with E-state index in [-0.39, 0.29) is 24.8 Å². The minimum absolute atomic E-state index is 0.0112. The molecule has 170 valence electrons. The van der Waals surface area contributed by atoms with Gasteiger partial charge in [-0.2, -0.15) is 0 Å². The van der Waals surface area contributed by atoms with Crippen LogP contribution in [-0.2, 0) is 27.3 Å². The Morgan fingerprint density at radius 1 is 1.16 bits per heavy atom. The molecule has 0 atom stereocenters. The fraction of sp³-hybridized carbons (Fsp3) is 0.333. The molecule has 0 saturated heterocycles. The topological polar surface area (TPSA) is 101 Å². The lowest BCUT2D eigenvalue weighted by Crippen LogP contribution is -2.24. The van der Waals surface area contributed by atoms with Crippen molar-refractivity contribution < 1.29 is 28.2 Å². The van der Waals surface area contributed by atoms with Crippen LogP contribution < -0.4 is 10.5 Å². The SMILES string of the molecule is CCOC(=O)Cc1ccccc1OCc1c(C(=O)OC(C)(C)C)oc2c(N)cc(Br)cc12.